The van der Waals surface area contributed by atoms with E-state index in [1.54, 1.807) is 0 Å². The van der Waals surface area contributed by atoms with Gasteiger partial charge in [0.15, 0.2) is 0 Å². The van der Waals surface area contributed by atoms with E-state index in [9.17, 15) is 4.39 Å². The summed E-state index contributed by atoms with van der Waals surface area (Å²) in [6.45, 7) is 6.16. The lowest BCUT2D eigenvalue weighted by atomic mass is 9.92. The van der Waals surface area contributed by atoms with Crippen LogP contribution < -0.4 is 5.32 Å². The SMILES string of the molecule is CC(C)C1(CNCc2ccc(Br)cc2F)CC1. The van der Waals surface area contributed by atoms with Crippen LogP contribution in [0.2, 0.25) is 0 Å². The molecule has 0 aromatic heterocycles. The van der Waals surface area contributed by atoms with Gasteiger partial charge in [0.05, 0.1) is 0 Å². The predicted molar refractivity (Wildman–Crippen MR) is 72.3 cm³/mol. The third kappa shape index (κ3) is 3.08. The molecule has 0 aliphatic heterocycles. The Bertz CT molecular complexity index is 399. The van der Waals surface area contributed by atoms with Gasteiger partial charge in [-0.3, -0.25) is 0 Å². The highest BCUT2D eigenvalue weighted by Crippen LogP contribution is 2.51. The Hall–Kier alpha value is -0.410. The van der Waals surface area contributed by atoms with Crippen molar-refractivity contribution in [3.05, 3.63) is 34.1 Å². The average Bonchev–Trinajstić information content (AvgIpc) is 3.02. The number of benzene rings is 1. The first-order valence-electron chi connectivity index (χ1n) is 6.18. The Labute approximate surface area is 111 Å². The molecule has 1 aliphatic rings. The molecule has 1 N–H and O–H groups in total. The fourth-order valence-electron chi connectivity index (χ4n) is 2.23. The second-order valence-corrected chi connectivity index (χ2v) is 6.27. The van der Waals surface area contributed by atoms with Crippen LogP contribution in [0.15, 0.2) is 22.7 Å². The van der Waals surface area contributed by atoms with E-state index < -0.39 is 0 Å². The lowest BCUT2D eigenvalue weighted by molar-refractivity contribution is 0.337. The maximum Gasteiger partial charge on any atom is 0.128 e. The van der Waals surface area contributed by atoms with Crippen LogP contribution in [0, 0.1) is 17.2 Å². The van der Waals surface area contributed by atoms with Gasteiger partial charge in [-0.15, -0.1) is 0 Å². The van der Waals surface area contributed by atoms with Crippen LogP contribution in [0.4, 0.5) is 4.39 Å². The molecule has 0 radical (unpaired) electrons. The molecule has 1 fully saturated rings. The molecule has 0 heterocycles. The number of hydrogen-bond donors (Lipinski definition) is 1. The normalized spacial score (nSPS) is 17.5. The van der Waals surface area contributed by atoms with Crippen molar-refractivity contribution in [1.82, 2.24) is 5.32 Å². The molecule has 0 atom stereocenters. The second-order valence-electron chi connectivity index (χ2n) is 5.36. The van der Waals surface area contributed by atoms with E-state index in [1.165, 1.54) is 18.9 Å². The molecule has 1 aromatic carbocycles. The first-order valence-corrected chi connectivity index (χ1v) is 6.97. The topological polar surface area (TPSA) is 12.0 Å². The van der Waals surface area contributed by atoms with E-state index in [-0.39, 0.29) is 5.82 Å². The average molecular weight is 300 g/mol. The molecule has 0 spiro atoms. The smallest absolute Gasteiger partial charge is 0.128 e. The Morgan fingerprint density at radius 2 is 2.12 bits per heavy atom. The van der Waals surface area contributed by atoms with Gasteiger partial charge in [0.2, 0.25) is 0 Å². The Morgan fingerprint density at radius 3 is 2.65 bits per heavy atom. The summed E-state index contributed by atoms with van der Waals surface area (Å²) in [5, 5.41) is 3.39. The Balaban J connectivity index is 1.86. The fourth-order valence-corrected chi connectivity index (χ4v) is 2.56. The molecule has 1 nitrogen and oxygen atoms in total. The van der Waals surface area contributed by atoms with Crippen LogP contribution in [-0.2, 0) is 6.54 Å². The van der Waals surface area contributed by atoms with Gasteiger partial charge in [-0.05, 0) is 36.3 Å². The first-order chi connectivity index (χ1) is 8.03. The van der Waals surface area contributed by atoms with Crippen LogP contribution in [0.25, 0.3) is 0 Å². The summed E-state index contributed by atoms with van der Waals surface area (Å²) < 4.78 is 14.4. The van der Waals surface area contributed by atoms with Crippen LogP contribution >= 0.6 is 15.9 Å². The summed E-state index contributed by atoms with van der Waals surface area (Å²) in [5.41, 5.74) is 1.22. The highest BCUT2D eigenvalue weighted by molar-refractivity contribution is 9.10. The highest BCUT2D eigenvalue weighted by atomic mass is 79.9. The maximum atomic E-state index is 13.6. The zero-order valence-electron chi connectivity index (χ0n) is 10.4. The van der Waals surface area contributed by atoms with E-state index in [1.807, 2.05) is 12.1 Å². The van der Waals surface area contributed by atoms with Gasteiger partial charge in [-0.2, -0.15) is 0 Å². The number of halogens is 2. The van der Waals surface area contributed by atoms with Crippen molar-refractivity contribution in [1.29, 1.82) is 0 Å². The molecule has 0 saturated heterocycles. The van der Waals surface area contributed by atoms with E-state index in [0.717, 1.165) is 16.6 Å². The van der Waals surface area contributed by atoms with Gasteiger partial charge in [-0.1, -0.05) is 35.8 Å². The van der Waals surface area contributed by atoms with Crippen molar-refractivity contribution < 1.29 is 4.39 Å². The molecular weight excluding hydrogens is 281 g/mol. The largest absolute Gasteiger partial charge is 0.312 e. The van der Waals surface area contributed by atoms with Gasteiger partial charge < -0.3 is 5.32 Å². The van der Waals surface area contributed by atoms with Gasteiger partial charge in [0.1, 0.15) is 5.82 Å². The van der Waals surface area contributed by atoms with Crippen LogP contribution in [0.3, 0.4) is 0 Å². The van der Waals surface area contributed by atoms with Crippen molar-refractivity contribution in [3.63, 3.8) is 0 Å². The van der Waals surface area contributed by atoms with Gasteiger partial charge >= 0.3 is 0 Å². The summed E-state index contributed by atoms with van der Waals surface area (Å²) in [4.78, 5) is 0. The van der Waals surface area contributed by atoms with Crippen molar-refractivity contribution in [3.8, 4) is 0 Å². The van der Waals surface area contributed by atoms with Crippen molar-refractivity contribution in [2.24, 2.45) is 11.3 Å². The van der Waals surface area contributed by atoms with E-state index in [4.69, 9.17) is 0 Å². The number of rotatable bonds is 5. The lowest BCUT2D eigenvalue weighted by Gasteiger charge is -2.20. The number of hydrogen-bond acceptors (Lipinski definition) is 1. The van der Waals surface area contributed by atoms with Crippen molar-refractivity contribution >= 4 is 15.9 Å². The molecule has 3 heteroatoms. The molecule has 1 saturated carbocycles. The summed E-state index contributed by atoms with van der Waals surface area (Å²) in [7, 11) is 0. The third-order valence-corrected chi connectivity index (χ3v) is 4.42. The fraction of sp³-hybridized carbons (Fsp3) is 0.571. The number of nitrogens with one attached hydrogen (secondary N) is 1. The zero-order chi connectivity index (χ0) is 12.5. The van der Waals surface area contributed by atoms with Crippen molar-refractivity contribution in [2.75, 3.05) is 6.54 Å². The standard InChI is InChI=1S/C14H19BrFN/c1-10(2)14(5-6-14)9-17-8-11-3-4-12(15)7-13(11)16/h3-4,7,10,17H,5-6,8-9H2,1-2H3. The molecule has 2 rings (SSSR count). The van der Waals surface area contributed by atoms with E-state index >= 15 is 0 Å². The lowest BCUT2D eigenvalue weighted by Crippen LogP contribution is -2.27. The van der Waals surface area contributed by atoms with Crippen molar-refractivity contribution in [2.45, 2.75) is 33.2 Å². The Kier molecular flexibility index (Phi) is 3.88. The van der Waals surface area contributed by atoms with Gasteiger partial charge in [-0.25, -0.2) is 4.39 Å². The van der Waals surface area contributed by atoms with Gasteiger partial charge in [0.25, 0.3) is 0 Å². The summed E-state index contributed by atoms with van der Waals surface area (Å²) in [5.74, 6) is 0.575. The Morgan fingerprint density at radius 1 is 1.41 bits per heavy atom. The van der Waals surface area contributed by atoms with Crippen LogP contribution in [-0.4, -0.2) is 6.54 Å². The minimum Gasteiger partial charge on any atom is -0.312 e. The molecule has 1 aromatic rings. The van der Waals surface area contributed by atoms with Crippen LogP contribution in [0.5, 0.6) is 0 Å². The molecule has 1 aliphatic carbocycles. The molecular formula is C14H19BrFN. The molecule has 94 valence electrons. The first kappa shape index (κ1) is 13.0. The minimum absolute atomic E-state index is 0.138. The summed E-state index contributed by atoms with van der Waals surface area (Å²) >= 11 is 3.26. The summed E-state index contributed by atoms with van der Waals surface area (Å²) in [6, 6.07) is 5.24. The monoisotopic (exact) mass is 299 g/mol. The minimum atomic E-state index is -0.138. The van der Waals surface area contributed by atoms with E-state index in [0.29, 0.717) is 17.9 Å². The second kappa shape index (κ2) is 5.07. The molecule has 17 heavy (non-hydrogen) atoms. The highest BCUT2D eigenvalue weighted by Gasteiger charge is 2.44. The molecule has 0 unspecified atom stereocenters. The van der Waals surface area contributed by atoms with E-state index in [2.05, 4.69) is 35.1 Å². The predicted octanol–water partition coefficient (Wildman–Crippen LogP) is 4.11. The summed E-state index contributed by atoms with van der Waals surface area (Å²) in [6.07, 6.45) is 2.61. The quantitative estimate of drug-likeness (QED) is 0.862. The van der Waals surface area contributed by atoms with Crippen LogP contribution in [0.1, 0.15) is 32.3 Å². The molecule has 0 bridgehead atoms. The molecule has 0 amide bonds. The zero-order valence-corrected chi connectivity index (χ0v) is 12.0. The maximum absolute atomic E-state index is 13.6. The van der Waals surface area contributed by atoms with Gasteiger partial charge in [0, 0.05) is 23.1 Å². The third-order valence-electron chi connectivity index (χ3n) is 3.92.